The number of allylic oxidation sites excluding steroid dienone is 1. The summed E-state index contributed by atoms with van der Waals surface area (Å²) in [5.74, 6) is 0.883. The Hall–Kier alpha value is -3.15. The van der Waals surface area contributed by atoms with Crippen LogP contribution in [0.1, 0.15) is 15.9 Å². The van der Waals surface area contributed by atoms with Gasteiger partial charge in [0, 0.05) is 23.8 Å². The first-order valence-electron chi connectivity index (χ1n) is 6.73. The monoisotopic (exact) mass is 313 g/mol. The Morgan fingerprint density at radius 1 is 1.09 bits per heavy atom. The molecule has 0 fully saturated rings. The molecule has 0 amide bonds. The summed E-state index contributed by atoms with van der Waals surface area (Å²) >= 11 is 0. The second-order valence-electron chi connectivity index (χ2n) is 4.65. The second-order valence-corrected chi connectivity index (χ2v) is 4.65. The Labute approximate surface area is 133 Å². The predicted molar refractivity (Wildman–Crippen MR) is 86.0 cm³/mol. The third-order valence-electron chi connectivity index (χ3n) is 3.14. The summed E-state index contributed by atoms with van der Waals surface area (Å²) in [6, 6.07) is 10.8. The average molecular weight is 313 g/mol. The van der Waals surface area contributed by atoms with Crippen LogP contribution in [0.3, 0.4) is 0 Å². The normalized spacial score (nSPS) is 10.5. The maximum absolute atomic E-state index is 12.1. The lowest BCUT2D eigenvalue weighted by atomic mass is 10.1. The van der Waals surface area contributed by atoms with Crippen LogP contribution >= 0.6 is 0 Å². The highest BCUT2D eigenvalue weighted by Gasteiger charge is 2.09. The Morgan fingerprint density at radius 2 is 1.74 bits per heavy atom. The van der Waals surface area contributed by atoms with Crippen LogP contribution in [0, 0.1) is 10.1 Å². The summed E-state index contributed by atoms with van der Waals surface area (Å²) in [7, 11) is 3.08. The van der Waals surface area contributed by atoms with E-state index in [0.717, 1.165) is 5.56 Å². The number of nitro benzene ring substituents is 1. The lowest BCUT2D eigenvalue weighted by molar-refractivity contribution is -0.384. The summed E-state index contributed by atoms with van der Waals surface area (Å²) in [6.45, 7) is 0. The number of ether oxygens (including phenoxy) is 2. The number of non-ortho nitro benzene ring substituents is 1. The first-order valence-corrected chi connectivity index (χ1v) is 6.73. The van der Waals surface area contributed by atoms with Gasteiger partial charge in [-0.05, 0) is 23.8 Å². The minimum Gasteiger partial charge on any atom is -0.497 e. The van der Waals surface area contributed by atoms with Gasteiger partial charge in [0.2, 0.25) is 0 Å². The van der Waals surface area contributed by atoms with Crippen LogP contribution < -0.4 is 9.47 Å². The van der Waals surface area contributed by atoms with Crippen LogP contribution in [-0.2, 0) is 0 Å². The van der Waals surface area contributed by atoms with Gasteiger partial charge in [0.25, 0.3) is 5.69 Å². The number of hydrogen-bond acceptors (Lipinski definition) is 5. The van der Waals surface area contributed by atoms with Gasteiger partial charge in [0.15, 0.2) is 5.78 Å². The van der Waals surface area contributed by atoms with E-state index in [4.69, 9.17) is 9.47 Å². The molecule has 0 N–H and O–H groups in total. The molecule has 0 unspecified atom stereocenters. The van der Waals surface area contributed by atoms with Gasteiger partial charge in [0.05, 0.1) is 19.1 Å². The highest BCUT2D eigenvalue weighted by molar-refractivity contribution is 6.07. The average Bonchev–Trinajstić information content (AvgIpc) is 2.59. The van der Waals surface area contributed by atoms with Gasteiger partial charge >= 0.3 is 0 Å². The van der Waals surface area contributed by atoms with Crippen LogP contribution in [0.25, 0.3) is 6.08 Å². The van der Waals surface area contributed by atoms with Crippen molar-refractivity contribution in [3.8, 4) is 11.5 Å². The van der Waals surface area contributed by atoms with Crippen molar-refractivity contribution in [2.75, 3.05) is 14.2 Å². The van der Waals surface area contributed by atoms with Crippen LogP contribution in [0.2, 0.25) is 0 Å². The third kappa shape index (κ3) is 4.16. The maximum atomic E-state index is 12.1. The molecule has 2 rings (SSSR count). The molecule has 118 valence electrons. The maximum Gasteiger partial charge on any atom is 0.270 e. The zero-order valence-electron chi connectivity index (χ0n) is 12.7. The van der Waals surface area contributed by atoms with E-state index in [2.05, 4.69) is 0 Å². The fraction of sp³-hybridized carbons (Fsp3) is 0.118. The van der Waals surface area contributed by atoms with E-state index in [1.807, 2.05) is 0 Å². The van der Waals surface area contributed by atoms with Gasteiger partial charge in [-0.25, -0.2) is 0 Å². The molecule has 6 heteroatoms. The first kappa shape index (κ1) is 16.2. The van der Waals surface area contributed by atoms with E-state index >= 15 is 0 Å². The number of benzene rings is 2. The van der Waals surface area contributed by atoms with Crippen LogP contribution in [0.5, 0.6) is 11.5 Å². The van der Waals surface area contributed by atoms with Gasteiger partial charge in [-0.2, -0.15) is 0 Å². The smallest absolute Gasteiger partial charge is 0.270 e. The number of ketones is 1. The quantitative estimate of drug-likeness (QED) is 0.353. The van der Waals surface area contributed by atoms with Crippen molar-refractivity contribution in [1.82, 2.24) is 0 Å². The lowest BCUT2D eigenvalue weighted by Gasteiger charge is -2.05. The van der Waals surface area contributed by atoms with E-state index in [9.17, 15) is 14.9 Å². The number of methoxy groups -OCH3 is 2. The molecule has 6 nitrogen and oxygen atoms in total. The second kappa shape index (κ2) is 7.22. The molecule has 2 aromatic carbocycles. The van der Waals surface area contributed by atoms with Crippen molar-refractivity contribution in [3.63, 3.8) is 0 Å². The fourth-order valence-corrected chi connectivity index (χ4v) is 1.97. The van der Waals surface area contributed by atoms with Gasteiger partial charge in [-0.15, -0.1) is 0 Å². The minimum absolute atomic E-state index is 0.118. The number of rotatable bonds is 6. The number of hydrogen-bond donors (Lipinski definition) is 0. The molecule has 0 aliphatic heterocycles. The molecule has 0 saturated heterocycles. The summed E-state index contributed by atoms with van der Waals surface area (Å²) in [5.41, 5.74) is 0.859. The molecule has 0 bridgehead atoms. The molecule has 0 spiro atoms. The highest BCUT2D eigenvalue weighted by Crippen LogP contribution is 2.23. The number of nitro groups is 1. The van der Waals surface area contributed by atoms with E-state index in [-0.39, 0.29) is 17.0 Å². The van der Waals surface area contributed by atoms with Crippen molar-refractivity contribution in [1.29, 1.82) is 0 Å². The van der Waals surface area contributed by atoms with Crippen molar-refractivity contribution in [2.45, 2.75) is 0 Å². The summed E-state index contributed by atoms with van der Waals surface area (Å²) in [5, 5.41) is 10.7. The van der Waals surface area contributed by atoms with Crippen LogP contribution in [-0.4, -0.2) is 24.9 Å². The zero-order valence-corrected chi connectivity index (χ0v) is 12.7. The van der Waals surface area contributed by atoms with Gasteiger partial charge < -0.3 is 9.47 Å². The van der Waals surface area contributed by atoms with Crippen LogP contribution in [0.15, 0.2) is 48.5 Å². The van der Waals surface area contributed by atoms with Crippen molar-refractivity contribution < 1.29 is 19.2 Å². The first-order chi connectivity index (χ1) is 11.0. The van der Waals surface area contributed by atoms with E-state index in [1.165, 1.54) is 44.6 Å². The molecular weight excluding hydrogens is 298 g/mol. The molecule has 2 aromatic rings. The Balaban J connectivity index is 2.24. The highest BCUT2D eigenvalue weighted by atomic mass is 16.6. The SMILES string of the molecule is COc1cc(C=CC(=O)c2cccc([N+](=O)[O-])c2)cc(OC)c1. The van der Waals surface area contributed by atoms with Crippen LogP contribution in [0.4, 0.5) is 5.69 Å². The molecular formula is C17H15NO5. The van der Waals surface area contributed by atoms with Gasteiger partial charge in [-0.3, -0.25) is 14.9 Å². The van der Waals surface area contributed by atoms with E-state index < -0.39 is 4.92 Å². The number of nitrogens with zero attached hydrogens (tertiary/aromatic N) is 1. The molecule has 0 atom stereocenters. The molecule has 0 aliphatic rings. The van der Waals surface area contributed by atoms with Gasteiger partial charge in [-0.1, -0.05) is 18.2 Å². The summed E-state index contributed by atoms with van der Waals surface area (Å²) in [4.78, 5) is 22.3. The standard InChI is InChI=1S/C17H15NO5/c1-22-15-8-12(9-16(11-15)23-2)6-7-17(19)13-4-3-5-14(10-13)18(20)21/h3-11H,1-2H3. The predicted octanol–water partition coefficient (Wildman–Crippen LogP) is 3.51. The van der Waals surface area contributed by atoms with E-state index in [1.54, 1.807) is 24.3 Å². The molecule has 0 saturated carbocycles. The Morgan fingerprint density at radius 3 is 2.30 bits per heavy atom. The van der Waals surface area contributed by atoms with Crippen molar-refractivity contribution in [2.24, 2.45) is 0 Å². The Kier molecular flexibility index (Phi) is 5.09. The fourth-order valence-electron chi connectivity index (χ4n) is 1.97. The van der Waals surface area contributed by atoms with Crippen molar-refractivity contribution in [3.05, 3.63) is 69.8 Å². The summed E-state index contributed by atoms with van der Waals surface area (Å²) in [6.07, 6.45) is 2.96. The largest absolute Gasteiger partial charge is 0.497 e. The molecule has 23 heavy (non-hydrogen) atoms. The molecule has 0 aromatic heterocycles. The number of carbonyl (C=O) groups excluding carboxylic acids is 1. The zero-order chi connectivity index (χ0) is 16.8. The minimum atomic E-state index is -0.534. The van der Waals surface area contributed by atoms with Gasteiger partial charge in [0.1, 0.15) is 11.5 Å². The third-order valence-corrected chi connectivity index (χ3v) is 3.14. The lowest BCUT2D eigenvalue weighted by Crippen LogP contribution is -1.96. The molecule has 0 aliphatic carbocycles. The Bertz CT molecular complexity index is 745. The molecule has 0 radical (unpaired) electrons. The number of carbonyl (C=O) groups is 1. The van der Waals surface area contributed by atoms with E-state index in [0.29, 0.717) is 11.5 Å². The molecule has 0 heterocycles. The topological polar surface area (TPSA) is 78.7 Å². The summed E-state index contributed by atoms with van der Waals surface area (Å²) < 4.78 is 10.3. The van der Waals surface area contributed by atoms with Crippen molar-refractivity contribution >= 4 is 17.5 Å².